The standard InChI is InChI=1S/C9H4F2OS/c10-7-2-1-5(4-12)9-6(7)3-8(11)13-9/h1-4H. The van der Waals surface area contributed by atoms with E-state index >= 15 is 0 Å². The van der Waals surface area contributed by atoms with Crippen molar-refractivity contribution in [3.05, 3.63) is 34.7 Å². The molecule has 2 aromatic rings. The lowest BCUT2D eigenvalue weighted by Crippen LogP contribution is -1.81. The molecule has 0 saturated heterocycles. The number of carbonyl (C=O) groups is 1. The van der Waals surface area contributed by atoms with Gasteiger partial charge >= 0.3 is 0 Å². The van der Waals surface area contributed by atoms with E-state index in [9.17, 15) is 13.6 Å². The second kappa shape index (κ2) is 2.88. The summed E-state index contributed by atoms with van der Waals surface area (Å²) in [5.41, 5.74) is 0.324. The summed E-state index contributed by atoms with van der Waals surface area (Å²) in [5.74, 6) is -0.499. The molecule has 0 aliphatic carbocycles. The fourth-order valence-corrected chi connectivity index (χ4v) is 2.05. The van der Waals surface area contributed by atoms with Gasteiger partial charge in [0.05, 0.1) is 4.70 Å². The first kappa shape index (κ1) is 8.31. The summed E-state index contributed by atoms with van der Waals surface area (Å²) in [6, 6.07) is 3.61. The third-order valence-electron chi connectivity index (χ3n) is 1.76. The zero-order chi connectivity index (χ0) is 9.42. The van der Waals surface area contributed by atoms with E-state index in [0.29, 0.717) is 16.5 Å². The van der Waals surface area contributed by atoms with E-state index in [2.05, 4.69) is 0 Å². The molecule has 66 valence electrons. The molecule has 1 aromatic carbocycles. The number of carbonyl (C=O) groups excluding carboxylic acids is 1. The zero-order valence-corrected chi connectivity index (χ0v) is 7.20. The first-order valence-electron chi connectivity index (χ1n) is 3.55. The number of benzene rings is 1. The van der Waals surface area contributed by atoms with Crippen molar-refractivity contribution in [2.24, 2.45) is 0 Å². The van der Waals surface area contributed by atoms with Gasteiger partial charge in [-0.2, -0.15) is 4.39 Å². The number of halogens is 2. The van der Waals surface area contributed by atoms with Crippen molar-refractivity contribution in [1.29, 1.82) is 0 Å². The first-order chi connectivity index (χ1) is 6.22. The Bertz CT molecular complexity index is 476. The molecule has 0 saturated carbocycles. The summed E-state index contributed by atoms with van der Waals surface area (Å²) < 4.78 is 26.2. The van der Waals surface area contributed by atoms with Crippen molar-refractivity contribution in [3.8, 4) is 0 Å². The van der Waals surface area contributed by atoms with Gasteiger partial charge < -0.3 is 0 Å². The van der Waals surface area contributed by atoms with Crippen molar-refractivity contribution in [3.63, 3.8) is 0 Å². The van der Waals surface area contributed by atoms with E-state index in [1.165, 1.54) is 6.07 Å². The minimum atomic E-state index is -0.499. The molecule has 1 heterocycles. The van der Waals surface area contributed by atoms with Crippen molar-refractivity contribution < 1.29 is 13.6 Å². The van der Waals surface area contributed by atoms with E-state index < -0.39 is 10.9 Å². The van der Waals surface area contributed by atoms with Gasteiger partial charge in [-0.1, -0.05) is 0 Å². The Morgan fingerprint density at radius 1 is 1.31 bits per heavy atom. The van der Waals surface area contributed by atoms with Gasteiger partial charge in [-0.05, 0) is 18.2 Å². The number of thiophene rings is 1. The zero-order valence-electron chi connectivity index (χ0n) is 6.38. The quantitative estimate of drug-likeness (QED) is 0.644. The van der Waals surface area contributed by atoms with E-state index in [1.807, 2.05) is 0 Å². The average Bonchev–Trinajstić information content (AvgIpc) is 2.48. The van der Waals surface area contributed by atoms with Gasteiger partial charge in [0.1, 0.15) is 5.82 Å². The molecular weight excluding hydrogens is 194 g/mol. The third kappa shape index (κ3) is 1.23. The normalized spacial score (nSPS) is 10.6. The van der Waals surface area contributed by atoms with Crippen molar-refractivity contribution >= 4 is 27.7 Å². The number of hydrogen-bond donors (Lipinski definition) is 0. The molecule has 1 aromatic heterocycles. The van der Waals surface area contributed by atoms with Crippen LogP contribution >= 0.6 is 11.3 Å². The topological polar surface area (TPSA) is 17.1 Å². The monoisotopic (exact) mass is 198 g/mol. The second-order valence-electron chi connectivity index (χ2n) is 2.55. The highest BCUT2D eigenvalue weighted by molar-refractivity contribution is 7.17. The van der Waals surface area contributed by atoms with Crippen LogP contribution in [0.15, 0.2) is 18.2 Å². The summed E-state index contributed by atoms with van der Waals surface area (Å²) >= 11 is 0.780. The van der Waals surface area contributed by atoms with Crippen LogP contribution in [0.5, 0.6) is 0 Å². The molecule has 0 spiro atoms. The Balaban J connectivity index is 2.91. The maximum atomic E-state index is 13.0. The fourth-order valence-electron chi connectivity index (χ4n) is 1.17. The van der Waals surface area contributed by atoms with Gasteiger partial charge in [-0.15, -0.1) is 11.3 Å². The molecule has 4 heteroatoms. The van der Waals surface area contributed by atoms with Crippen molar-refractivity contribution in [2.45, 2.75) is 0 Å². The van der Waals surface area contributed by atoms with E-state index in [4.69, 9.17) is 0 Å². The van der Waals surface area contributed by atoms with E-state index in [1.54, 1.807) is 0 Å². The number of rotatable bonds is 1. The fraction of sp³-hybridized carbons (Fsp3) is 0. The lowest BCUT2D eigenvalue weighted by molar-refractivity contribution is 0.112. The van der Waals surface area contributed by atoms with Crippen LogP contribution in [0.3, 0.4) is 0 Å². The van der Waals surface area contributed by atoms with Crippen LogP contribution in [-0.2, 0) is 0 Å². The summed E-state index contributed by atoms with van der Waals surface area (Å²) in [4.78, 5) is 10.5. The van der Waals surface area contributed by atoms with Crippen molar-refractivity contribution in [2.75, 3.05) is 0 Å². The van der Waals surface area contributed by atoms with Gasteiger partial charge in [-0.3, -0.25) is 4.79 Å². The Hall–Kier alpha value is -1.29. The molecule has 0 amide bonds. The lowest BCUT2D eigenvalue weighted by atomic mass is 10.2. The summed E-state index contributed by atoms with van der Waals surface area (Å²) in [5, 5.41) is -0.310. The Morgan fingerprint density at radius 2 is 2.08 bits per heavy atom. The number of hydrogen-bond acceptors (Lipinski definition) is 2. The predicted molar refractivity (Wildman–Crippen MR) is 47.1 cm³/mol. The molecule has 0 atom stereocenters. The maximum Gasteiger partial charge on any atom is 0.177 e. The molecule has 1 nitrogen and oxygen atoms in total. The van der Waals surface area contributed by atoms with E-state index in [-0.39, 0.29) is 5.39 Å². The smallest absolute Gasteiger partial charge is 0.177 e. The first-order valence-corrected chi connectivity index (χ1v) is 4.37. The third-order valence-corrected chi connectivity index (χ3v) is 2.73. The predicted octanol–water partition coefficient (Wildman–Crippen LogP) is 2.99. The van der Waals surface area contributed by atoms with Crippen LogP contribution in [0.4, 0.5) is 8.78 Å². The van der Waals surface area contributed by atoms with Crippen LogP contribution in [0.25, 0.3) is 10.1 Å². The van der Waals surface area contributed by atoms with Crippen LogP contribution in [0.2, 0.25) is 0 Å². The van der Waals surface area contributed by atoms with Crippen molar-refractivity contribution in [1.82, 2.24) is 0 Å². The second-order valence-corrected chi connectivity index (χ2v) is 3.55. The molecule has 0 aliphatic rings. The molecule has 2 rings (SSSR count). The number of fused-ring (bicyclic) bond motifs is 1. The summed E-state index contributed by atoms with van der Waals surface area (Å²) in [6.07, 6.45) is 0.595. The molecule has 0 unspecified atom stereocenters. The average molecular weight is 198 g/mol. The van der Waals surface area contributed by atoms with Gasteiger partial charge in [-0.25, -0.2) is 4.39 Å². The van der Waals surface area contributed by atoms with Gasteiger partial charge in [0.2, 0.25) is 0 Å². The SMILES string of the molecule is O=Cc1ccc(F)c2cc(F)sc12. The highest BCUT2D eigenvalue weighted by Crippen LogP contribution is 2.28. The largest absolute Gasteiger partial charge is 0.298 e. The van der Waals surface area contributed by atoms with Crippen LogP contribution < -0.4 is 0 Å². The highest BCUT2D eigenvalue weighted by Gasteiger charge is 2.09. The lowest BCUT2D eigenvalue weighted by Gasteiger charge is -1.93. The maximum absolute atomic E-state index is 13.0. The molecule has 13 heavy (non-hydrogen) atoms. The molecule has 0 fully saturated rings. The minimum Gasteiger partial charge on any atom is -0.298 e. The van der Waals surface area contributed by atoms with E-state index in [0.717, 1.165) is 23.5 Å². The summed E-state index contributed by atoms with van der Waals surface area (Å²) in [7, 11) is 0. The van der Waals surface area contributed by atoms with Gasteiger partial charge in [0.15, 0.2) is 11.4 Å². The molecule has 0 N–H and O–H groups in total. The number of aldehydes is 1. The molecule has 0 aliphatic heterocycles. The Morgan fingerprint density at radius 3 is 2.77 bits per heavy atom. The Kier molecular flexibility index (Phi) is 1.84. The molecular formula is C9H4F2OS. The molecule has 0 bridgehead atoms. The minimum absolute atomic E-state index is 0.173. The van der Waals surface area contributed by atoms with Gasteiger partial charge in [0.25, 0.3) is 0 Å². The van der Waals surface area contributed by atoms with Crippen LogP contribution in [0, 0.1) is 10.9 Å². The summed E-state index contributed by atoms with van der Waals surface area (Å²) in [6.45, 7) is 0. The van der Waals surface area contributed by atoms with Crippen LogP contribution in [-0.4, -0.2) is 6.29 Å². The van der Waals surface area contributed by atoms with Gasteiger partial charge in [0, 0.05) is 10.9 Å². The molecule has 0 radical (unpaired) electrons. The Labute approximate surface area is 76.6 Å². The van der Waals surface area contributed by atoms with Crippen LogP contribution in [0.1, 0.15) is 10.4 Å². The highest BCUT2D eigenvalue weighted by atomic mass is 32.1.